The Morgan fingerprint density at radius 2 is 1.76 bits per heavy atom. The predicted octanol–water partition coefficient (Wildman–Crippen LogP) is 3.47. The van der Waals surface area contributed by atoms with Gasteiger partial charge in [-0.25, -0.2) is 0 Å². The first-order valence-corrected chi connectivity index (χ1v) is 10.1. The molecular formula is C20H21Cl2N5O2. The summed E-state index contributed by atoms with van der Waals surface area (Å²) in [6.45, 7) is 7.92. The molecule has 0 bridgehead atoms. The zero-order valence-electron chi connectivity index (χ0n) is 16.2. The Labute approximate surface area is 178 Å². The Bertz CT molecular complexity index is 1050. The van der Waals surface area contributed by atoms with Gasteiger partial charge in [0.15, 0.2) is 0 Å². The summed E-state index contributed by atoms with van der Waals surface area (Å²) in [6, 6.07) is 6.90. The van der Waals surface area contributed by atoms with Crippen LogP contribution in [-0.2, 0) is 6.54 Å². The highest BCUT2D eigenvalue weighted by Gasteiger charge is 2.23. The van der Waals surface area contributed by atoms with Gasteiger partial charge < -0.3 is 9.42 Å². The zero-order valence-corrected chi connectivity index (χ0v) is 17.7. The lowest BCUT2D eigenvalue weighted by molar-refractivity contribution is 0.248. The van der Waals surface area contributed by atoms with Gasteiger partial charge in [0, 0.05) is 43.3 Å². The van der Waals surface area contributed by atoms with Gasteiger partial charge in [0.1, 0.15) is 10.8 Å². The van der Waals surface area contributed by atoms with Crippen LogP contribution < -0.4 is 10.5 Å². The normalized spacial score (nSPS) is 15.1. The highest BCUT2D eigenvalue weighted by Crippen LogP contribution is 2.24. The van der Waals surface area contributed by atoms with E-state index in [0.29, 0.717) is 16.4 Å². The van der Waals surface area contributed by atoms with Gasteiger partial charge in [-0.05, 0) is 38.1 Å². The topological polar surface area (TPSA) is 67.4 Å². The molecule has 0 N–H and O–H groups in total. The molecule has 1 saturated heterocycles. The molecule has 29 heavy (non-hydrogen) atoms. The summed E-state index contributed by atoms with van der Waals surface area (Å²) in [6.07, 6.45) is 1.66. The molecule has 3 aromatic rings. The van der Waals surface area contributed by atoms with Crippen molar-refractivity contribution in [1.82, 2.24) is 19.8 Å². The SMILES string of the molecule is Cc1noc(C)c1CN1CCN(c2cnn(-c3ccc(Cl)cc3)c(=O)c2Cl)CC1. The molecule has 1 aromatic carbocycles. The third-order valence-electron chi connectivity index (χ3n) is 5.25. The van der Waals surface area contributed by atoms with E-state index in [0.717, 1.165) is 49.7 Å². The van der Waals surface area contributed by atoms with Crippen LogP contribution in [0.4, 0.5) is 5.69 Å². The van der Waals surface area contributed by atoms with Crippen LogP contribution >= 0.6 is 23.2 Å². The van der Waals surface area contributed by atoms with E-state index < -0.39 is 0 Å². The highest BCUT2D eigenvalue weighted by molar-refractivity contribution is 6.33. The summed E-state index contributed by atoms with van der Waals surface area (Å²) < 4.78 is 6.54. The lowest BCUT2D eigenvalue weighted by Crippen LogP contribution is -2.46. The number of halogens is 2. The smallest absolute Gasteiger partial charge is 0.292 e. The summed E-state index contributed by atoms with van der Waals surface area (Å²) in [4.78, 5) is 17.2. The molecule has 0 atom stereocenters. The Morgan fingerprint density at radius 1 is 1.07 bits per heavy atom. The maximum Gasteiger partial charge on any atom is 0.292 e. The third kappa shape index (κ3) is 4.03. The van der Waals surface area contributed by atoms with E-state index in [9.17, 15) is 4.79 Å². The van der Waals surface area contributed by atoms with Gasteiger partial charge >= 0.3 is 0 Å². The summed E-state index contributed by atoms with van der Waals surface area (Å²) >= 11 is 12.3. The second kappa shape index (κ2) is 8.18. The number of benzene rings is 1. The van der Waals surface area contributed by atoms with E-state index in [2.05, 4.69) is 20.1 Å². The van der Waals surface area contributed by atoms with Gasteiger partial charge in [0.2, 0.25) is 0 Å². The Morgan fingerprint density at radius 3 is 2.38 bits per heavy atom. The third-order valence-corrected chi connectivity index (χ3v) is 5.85. The summed E-state index contributed by atoms with van der Waals surface area (Å²) in [5.74, 6) is 0.864. The molecule has 3 heterocycles. The van der Waals surface area contributed by atoms with Crippen molar-refractivity contribution in [2.24, 2.45) is 0 Å². The molecule has 0 saturated carbocycles. The lowest BCUT2D eigenvalue weighted by Gasteiger charge is -2.36. The van der Waals surface area contributed by atoms with Crippen molar-refractivity contribution in [2.75, 3.05) is 31.1 Å². The lowest BCUT2D eigenvalue weighted by atomic mass is 10.1. The van der Waals surface area contributed by atoms with Crippen LogP contribution in [0.2, 0.25) is 10.0 Å². The number of piperazine rings is 1. The molecular weight excluding hydrogens is 413 g/mol. The van der Waals surface area contributed by atoms with Gasteiger partial charge in [0.25, 0.3) is 5.56 Å². The summed E-state index contributed by atoms with van der Waals surface area (Å²) in [5.41, 5.74) is 3.02. The number of hydrogen-bond acceptors (Lipinski definition) is 6. The van der Waals surface area contributed by atoms with Crippen molar-refractivity contribution in [3.63, 3.8) is 0 Å². The van der Waals surface area contributed by atoms with Crippen LogP contribution in [0.1, 0.15) is 17.0 Å². The van der Waals surface area contributed by atoms with E-state index in [-0.39, 0.29) is 10.6 Å². The first kappa shape index (κ1) is 19.9. The summed E-state index contributed by atoms with van der Waals surface area (Å²) in [7, 11) is 0. The predicted molar refractivity (Wildman–Crippen MR) is 113 cm³/mol. The number of nitrogens with zero attached hydrogens (tertiary/aromatic N) is 5. The molecule has 1 aliphatic heterocycles. The summed E-state index contributed by atoms with van der Waals surface area (Å²) in [5, 5.41) is 9.11. The molecule has 7 nitrogen and oxygen atoms in total. The molecule has 0 radical (unpaired) electrons. The van der Waals surface area contributed by atoms with Crippen molar-refractivity contribution in [3.8, 4) is 5.69 Å². The largest absolute Gasteiger partial charge is 0.366 e. The van der Waals surface area contributed by atoms with Crippen LogP contribution in [0.3, 0.4) is 0 Å². The van der Waals surface area contributed by atoms with Gasteiger partial charge in [-0.3, -0.25) is 9.69 Å². The monoisotopic (exact) mass is 433 g/mol. The number of hydrogen-bond donors (Lipinski definition) is 0. The van der Waals surface area contributed by atoms with Crippen LogP contribution in [0, 0.1) is 13.8 Å². The van der Waals surface area contributed by atoms with E-state index in [4.69, 9.17) is 27.7 Å². The number of aromatic nitrogens is 3. The maximum atomic E-state index is 12.7. The molecule has 9 heteroatoms. The minimum absolute atomic E-state index is 0.175. The van der Waals surface area contributed by atoms with Crippen molar-refractivity contribution in [1.29, 1.82) is 0 Å². The van der Waals surface area contributed by atoms with E-state index in [1.165, 1.54) is 4.68 Å². The average Bonchev–Trinajstić information content (AvgIpc) is 3.04. The molecule has 1 aliphatic rings. The van der Waals surface area contributed by atoms with Crippen LogP contribution in [0.5, 0.6) is 0 Å². The first-order valence-electron chi connectivity index (χ1n) is 9.37. The molecule has 0 unspecified atom stereocenters. The maximum absolute atomic E-state index is 12.7. The molecule has 152 valence electrons. The fraction of sp³-hybridized carbons (Fsp3) is 0.350. The van der Waals surface area contributed by atoms with Crippen molar-refractivity contribution < 1.29 is 4.52 Å². The van der Waals surface area contributed by atoms with E-state index in [1.54, 1.807) is 30.5 Å². The minimum atomic E-state index is -0.343. The number of aryl methyl sites for hydroxylation is 2. The fourth-order valence-corrected chi connectivity index (χ4v) is 3.88. The minimum Gasteiger partial charge on any atom is -0.366 e. The van der Waals surface area contributed by atoms with Crippen LogP contribution in [0.25, 0.3) is 5.69 Å². The number of anilines is 1. The molecule has 0 amide bonds. The molecule has 0 spiro atoms. The zero-order chi connectivity index (χ0) is 20.5. The average molecular weight is 434 g/mol. The Hall–Kier alpha value is -2.35. The molecule has 4 rings (SSSR count). The van der Waals surface area contributed by atoms with Gasteiger partial charge in [-0.2, -0.15) is 9.78 Å². The van der Waals surface area contributed by atoms with Gasteiger partial charge in [0.05, 0.1) is 23.3 Å². The van der Waals surface area contributed by atoms with Crippen LogP contribution in [0.15, 0.2) is 39.8 Å². The first-order chi connectivity index (χ1) is 13.9. The Kier molecular flexibility index (Phi) is 5.63. The second-order valence-electron chi connectivity index (χ2n) is 7.10. The highest BCUT2D eigenvalue weighted by atomic mass is 35.5. The van der Waals surface area contributed by atoms with Crippen molar-refractivity contribution in [3.05, 3.63) is 67.9 Å². The molecule has 2 aromatic heterocycles. The number of rotatable bonds is 4. The van der Waals surface area contributed by atoms with Crippen molar-refractivity contribution >= 4 is 28.9 Å². The quantitative estimate of drug-likeness (QED) is 0.627. The molecule has 0 aliphatic carbocycles. The van der Waals surface area contributed by atoms with Gasteiger partial charge in [-0.1, -0.05) is 28.4 Å². The second-order valence-corrected chi connectivity index (χ2v) is 7.92. The van der Waals surface area contributed by atoms with Crippen LogP contribution in [-0.4, -0.2) is 46.0 Å². The fourth-order valence-electron chi connectivity index (χ4n) is 3.51. The van der Waals surface area contributed by atoms with E-state index in [1.807, 2.05) is 13.8 Å². The van der Waals surface area contributed by atoms with Gasteiger partial charge in [-0.15, -0.1) is 0 Å². The van der Waals surface area contributed by atoms with Crippen molar-refractivity contribution in [2.45, 2.75) is 20.4 Å². The van der Waals surface area contributed by atoms with E-state index >= 15 is 0 Å². The Balaban J connectivity index is 1.48. The standard InChI is InChI=1S/C20H21Cl2N5O2/c1-13-17(14(2)29-24-13)12-25-7-9-26(10-8-25)18-11-23-27(20(28)19(18)22)16-5-3-15(21)4-6-16/h3-6,11H,7-10,12H2,1-2H3. The molecule has 1 fully saturated rings.